The van der Waals surface area contributed by atoms with Gasteiger partial charge in [-0.15, -0.1) is 0 Å². The minimum atomic E-state index is -0.582. The van der Waals surface area contributed by atoms with Gasteiger partial charge in [-0.1, -0.05) is 42.0 Å². The molecule has 0 aromatic heterocycles. The minimum Gasteiger partial charge on any atom is -0.387 e. The average Bonchev–Trinajstić information content (AvgIpc) is 2.53. The molecule has 116 valence electrons. The van der Waals surface area contributed by atoms with Gasteiger partial charge >= 0.3 is 0 Å². The summed E-state index contributed by atoms with van der Waals surface area (Å²) in [6, 6.07) is 14.2. The minimum absolute atomic E-state index is 0.000836. The zero-order valence-electron chi connectivity index (χ0n) is 12.7. The van der Waals surface area contributed by atoms with Gasteiger partial charge in [0, 0.05) is 24.7 Å². The van der Waals surface area contributed by atoms with E-state index in [2.05, 4.69) is 5.32 Å². The Hall–Kier alpha value is -2.24. The molecule has 2 unspecified atom stereocenters. The second kappa shape index (κ2) is 7.15. The number of nitrogens with one attached hydrogen (secondary N) is 1. The molecule has 0 fully saturated rings. The molecule has 0 amide bonds. The van der Waals surface area contributed by atoms with Crippen LogP contribution in [0.25, 0.3) is 0 Å². The standard InChI is InChI=1S/C17H20N2O3/c1-12-3-5-15(6-4-12)17(20)11-18-13(2)14-7-9-16(10-8-14)19(21)22/h3-10,13,17-18,20H,11H2,1-2H3. The van der Waals surface area contributed by atoms with Crippen LogP contribution in [-0.2, 0) is 0 Å². The number of hydrogen-bond acceptors (Lipinski definition) is 4. The van der Waals surface area contributed by atoms with Gasteiger partial charge in [-0.25, -0.2) is 0 Å². The Bertz CT molecular complexity index is 623. The summed E-state index contributed by atoms with van der Waals surface area (Å²) < 4.78 is 0. The lowest BCUT2D eigenvalue weighted by atomic mass is 10.1. The van der Waals surface area contributed by atoms with E-state index >= 15 is 0 Å². The van der Waals surface area contributed by atoms with Gasteiger partial charge in [-0.05, 0) is 25.0 Å². The number of hydrogen-bond donors (Lipinski definition) is 2. The van der Waals surface area contributed by atoms with Crippen molar-refractivity contribution in [3.63, 3.8) is 0 Å². The fourth-order valence-electron chi connectivity index (χ4n) is 2.20. The van der Waals surface area contributed by atoms with Gasteiger partial charge < -0.3 is 10.4 Å². The lowest BCUT2D eigenvalue weighted by Gasteiger charge is -2.18. The van der Waals surface area contributed by atoms with Crippen LogP contribution in [0, 0.1) is 17.0 Å². The highest BCUT2D eigenvalue weighted by Crippen LogP contribution is 2.19. The van der Waals surface area contributed by atoms with E-state index in [9.17, 15) is 15.2 Å². The molecule has 2 rings (SSSR count). The Morgan fingerprint density at radius 2 is 1.64 bits per heavy atom. The fourth-order valence-corrected chi connectivity index (χ4v) is 2.20. The maximum Gasteiger partial charge on any atom is 0.269 e. The Morgan fingerprint density at radius 3 is 2.18 bits per heavy atom. The number of aliphatic hydroxyl groups excluding tert-OH is 1. The number of rotatable bonds is 6. The van der Waals surface area contributed by atoms with E-state index in [-0.39, 0.29) is 11.7 Å². The van der Waals surface area contributed by atoms with Crippen molar-refractivity contribution < 1.29 is 10.0 Å². The Labute approximate surface area is 129 Å². The van der Waals surface area contributed by atoms with Crippen molar-refractivity contribution in [3.8, 4) is 0 Å². The molecule has 0 radical (unpaired) electrons. The van der Waals surface area contributed by atoms with Gasteiger partial charge in [0.25, 0.3) is 5.69 Å². The van der Waals surface area contributed by atoms with Crippen LogP contribution >= 0.6 is 0 Å². The van der Waals surface area contributed by atoms with E-state index in [1.54, 1.807) is 12.1 Å². The van der Waals surface area contributed by atoms with Crippen LogP contribution < -0.4 is 5.32 Å². The number of nitro benzene ring substituents is 1. The summed E-state index contributed by atoms with van der Waals surface area (Å²) in [7, 11) is 0. The summed E-state index contributed by atoms with van der Waals surface area (Å²) in [5, 5.41) is 24.0. The molecule has 2 N–H and O–H groups in total. The monoisotopic (exact) mass is 300 g/mol. The zero-order chi connectivity index (χ0) is 16.1. The third-order valence-corrected chi connectivity index (χ3v) is 3.68. The molecule has 0 bridgehead atoms. The molecule has 5 nitrogen and oxygen atoms in total. The van der Waals surface area contributed by atoms with Crippen molar-refractivity contribution in [2.24, 2.45) is 0 Å². The summed E-state index contributed by atoms with van der Waals surface area (Å²) in [6.45, 7) is 4.38. The molecular formula is C17H20N2O3. The highest BCUT2D eigenvalue weighted by Gasteiger charge is 2.12. The van der Waals surface area contributed by atoms with Crippen LogP contribution in [0.1, 0.15) is 35.8 Å². The van der Waals surface area contributed by atoms with Gasteiger partial charge in [0.05, 0.1) is 11.0 Å². The first-order valence-corrected chi connectivity index (χ1v) is 7.19. The highest BCUT2D eigenvalue weighted by atomic mass is 16.6. The van der Waals surface area contributed by atoms with Crippen molar-refractivity contribution in [2.75, 3.05) is 6.54 Å². The topological polar surface area (TPSA) is 75.4 Å². The quantitative estimate of drug-likeness (QED) is 0.634. The van der Waals surface area contributed by atoms with Crippen molar-refractivity contribution in [1.82, 2.24) is 5.32 Å². The van der Waals surface area contributed by atoms with Crippen molar-refractivity contribution in [1.29, 1.82) is 0 Å². The number of aliphatic hydroxyl groups is 1. The molecule has 0 aliphatic heterocycles. The molecule has 0 spiro atoms. The molecule has 0 saturated heterocycles. The van der Waals surface area contributed by atoms with Crippen LogP contribution in [0.2, 0.25) is 0 Å². The van der Waals surface area contributed by atoms with E-state index in [0.717, 1.165) is 16.7 Å². The third kappa shape index (κ3) is 4.13. The number of aryl methyl sites for hydroxylation is 1. The predicted molar refractivity (Wildman–Crippen MR) is 85.7 cm³/mol. The first kappa shape index (κ1) is 16.1. The normalized spacial score (nSPS) is 13.6. The molecule has 22 heavy (non-hydrogen) atoms. The first-order valence-electron chi connectivity index (χ1n) is 7.19. The second-order valence-electron chi connectivity index (χ2n) is 5.41. The lowest BCUT2D eigenvalue weighted by molar-refractivity contribution is -0.384. The van der Waals surface area contributed by atoms with Crippen molar-refractivity contribution in [2.45, 2.75) is 26.0 Å². The number of nitrogens with zero attached hydrogens (tertiary/aromatic N) is 1. The maximum atomic E-state index is 10.6. The molecule has 0 aliphatic rings. The number of benzene rings is 2. The Balaban J connectivity index is 1.92. The molecule has 0 saturated carbocycles. The SMILES string of the molecule is Cc1ccc(C(O)CNC(C)c2ccc([N+](=O)[O-])cc2)cc1. The van der Waals surface area contributed by atoms with Crippen LogP contribution in [0.4, 0.5) is 5.69 Å². The Morgan fingerprint density at radius 1 is 1.09 bits per heavy atom. The van der Waals surface area contributed by atoms with E-state index in [0.29, 0.717) is 6.54 Å². The molecule has 0 heterocycles. The number of nitro groups is 1. The summed E-state index contributed by atoms with van der Waals surface area (Å²) in [4.78, 5) is 10.2. The van der Waals surface area contributed by atoms with Crippen LogP contribution in [-0.4, -0.2) is 16.6 Å². The molecule has 2 atom stereocenters. The maximum absolute atomic E-state index is 10.6. The summed E-state index contributed by atoms with van der Waals surface area (Å²) in [6.07, 6.45) is -0.582. The molecule has 2 aromatic rings. The fraction of sp³-hybridized carbons (Fsp3) is 0.294. The van der Waals surface area contributed by atoms with E-state index in [1.165, 1.54) is 12.1 Å². The van der Waals surface area contributed by atoms with Crippen LogP contribution in [0.15, 0.2) is 48.5 Å². The summed E-state index contributed by atoms with van der Waals surface area (Å²) in [5.74, 6) is 0. The van der Waals surface area contributed by atoms with Crippen molar-refractivity contribution in [3.05, 3.63) is 75.3 Å². The zero-order valence-corrected chi connectivity index (χ0v) is 12.7. The van der Waals surface area contributed by atoms with Crippen molar-refractivity contribution >= 4 is 5.69 Å². The van der Waals surface area contributed by atoms with Gasteiger partial charge in [0.1, 0.15) is 0 Å². The average molecular weight is 300 g/mol. The van der Waals surface area contributed by atoms with Gasteiger partial charge in [-0.3, -0.25) is 10.1 Å². The summed E-state index contributed by atoms with van der Waals surface area (Å²) >= 11 is 0. The van der Waals surface area contributed by atoms with Gasteiger partial charge in [0.15, 0.2) is 0 Å². The van der Waals surface area contributed by atoms with Crippen LogP contribution in [0.3, 0.4) is 0 Å². The Kier molecular flexibility index (Phi) is 5.25. The molecule has 0 aliphatic carbocycles. The van der Waals surface area contributed by atoms with Gasteiger partial charge in [-0.2, -0.15) is 0 Å². The van der Waals surface area contributed by atoms with E-state index in [4.69, 9.17) is 0 Å². The van der Waals surface area contributed by atoms with E-state index in [1.807, 2.05) is 38.1 Å². The lowest BCUT2D eigenvalue weighted by Crippen LogP contribution is -2.24. The largest absolute Gasteiger partial charge is 0.387 e. The first-order chi connectivity index (χ1) is 10.5. The van der Waals surface area contributed by atoms with Gasteiger partial charge in [0.2, 0.25) is 0 Å². The predicted octanol–water partition coefficient (Wildman–Crippen LogP) is 3.29. The third-order valence-electron chi connectivity index (χ3n) is 3.68. The molecule has 2 aromatic carbocycles. The second-order valence-corrected chi connectivity index (χ2v) is 5.41. The van der Waals surface area contributed by atoms with Crippen LogP contribution in [0.5, 0.6) is 0 Å². The molecular weight excluding hydrogens is 280 g/mol. The smallest absolute Gasteiger partial charge is 0.269 e. The molecule has 5 heteroatoms. The number of non-ortho nitro benzene ring substituents is 1. The highest BCUT2D eigenvalue weighted by molar-refractivity contribution is 5.34. The summed E-state index contributed by atoms with van der Waals surface area (Å²) in [5.41, 5.74) is 3.05. The van der Waals surface area contributed by atoms with E-state index < -0.39 is 11.0 Å².